The summed E-state index contributed by atoms with van der Waals surface area (Å²) in [6.07, 6.45) is 1.17. The molecule has 7 heteroatoms. The lowest BCUT2D eigenvalue weighted by molar-refractivity contribution is -0.0163. The summed E-state index contributed by atoms with van der Waals surface area (Å²) >= 11 is 0. The van der Waals surface area contributed by atoms with Gasteiger partial charge in [0.25, 0.3) is 5.91 Å². The van der Waals surface area contributed by atoms with Crippen LogP contribution in [0.15, 0.2) is 42.5 Å². The van der Waals surface area contributed by atoms with Crippen molar-refractivity contribution in [3.05, 3.63) is 65.5 Å². The lowest BCUT2D eigenvalue weighted by Gasteiger charge is -2.27. The molecule has 1 aliphatic rings. The topological polar surface area (TPSA) is 49.8 Å². The van der Waals surface area contributed by atoms with Gasteiger partial charge < -0.3 is 14.7 Å². The van der Waals surface area contributed by atoms with Crippen molar-refractivity contribution in [3.63, 3.8) is 0 Å². The maximum absolute atomic E-state index is 13.9. The number of amides is 1. The van der Waals surface area contributed by atoms with Gasteiger partial charge in [0.15, 0.2) is 0 Å². The summed E-state index contributed by atoms with van der Waals surface area (Å²) in [7, 11) is 0. The third-order valence-electron chi connectivity index (χ3n) is 4.69. The van der Waals surface area contributed by atoms with Crippen LogP contribution < -0.4 is 4.74 Å². The van der Waals surface area contributed by atoms with E-state index in [0.29, 0.717) is 31.2 Å². The van der Waals surface area contributed by atoms with Crippen molar-refractivity contribution in [2.45, 2.75) is 24.9 Å². The summed E-state index contributed by atoms with van der Waals surface area (Å²) in [5, 5.41) is 10.8. The van der Waals surface area contributed by atoms with Crippen molar-refractivity contribution in [2.75, 3.05) is 19.7 Å². The highest BCUT2D eigenvalue weighted by Gasteiger charge is 2.33. The molecule has 0 radical (unpaired) electrons. The van der Waals surface area contributed by atoms with Crippen LogP contribution in [0.3, 0.4) is 0 Å². The second-order valence-corrected chi connectivity index (χ2v) is 6.74. The predicted octanol–water partition coefficient (Wildman–Crippen LogP) is 3.54. The Labute approximate surface area is 155 Å². The molecule has 1 aliphatic heterocycles. The number of likely N-dealkylation sites (tertiary alicyclic amines) is 1. The van der Waals surface area contributed by atoms with Crippen LogP contribution in [0.5, 0.6) is 5.75 Å². The Bertz CT molecular complexity index is 813. The van der Waals surface area contributed by atoms with Crippen LogP contribution in [0.1, 0.15) is 29.6 Å². The number of carbonyl (C=O) groups is 1. The molecule has 0 spiro atoms. The summed E-state index contributed by atoms with van der Waals surface area (Å²) in [6.45, 7) is 0.582. The van der Waals surface area contributed by atoms with Crippen molar-refractivity contribution in [3.8, 4) is 5.75 Å². The van der Waals surface area contributed by atoms with Gasteiger partial charge in [-0.15, -0.1) is 0 Å². The molecule has 1 amide bonds. The van der Waals surface area contributed by atoms with Gasteiger partial charge in [0.1, 0.15) is 35.4 Å². The van der Waals surface area contributed by atoms with Crippen LogP contribution in [0.4, 0.5) is 13.2 Å². The molecule has 3 rings (SSSR count). The molecule has 0 bridgehead atoms. The van der Waals surface area contributed by atoms with Crippen LogP contribution in [-0.4, -0.2) is 41.2 Å². The van der Waals surface area contributed by atoms with E-state index >= 15 is 0 Å². The average molecular weight is 379 g/mol. The van der Waals surface area contributed by atoms with Crippen molar-refractivity contribution < 1.29 is 27.8 Å². The number of benzene rings is 2. The first-order valence-electron chi connectivity index (χ1n) is 8.71. The highest BCUT2D eigenvalue weighted by atomic mass is 19.1. The summed E-state index contributed by atoms with van der Waals surface area (Å²) < 4.78 is 45.4. The number of aliphatic hydroxyl groups is 1. The van der Waals surface area contributed by atoms with Gasteiger partial charge in [-0.05, 0) is 55.7 Å². The highest BCUT2D eigenvalue weighted by molar-refractivity contribution is 5.94. The molecule has 4 nitrogen and oxygen atoms in total. The molecule has 1 unspecified atom stereocenters. The Morgan fingerprint density at radius 1 is 1.04 bits per heavy atom. The van der Waals surface area contributed by atoms with Crippen LogP contribution in [0, 0.1) is 17.5 Å². The molecule has 0 aliphatic carbocycles. The molecule has 27 heavy (non-hydrogen) atoms. The molecular formula is C20H20F3NO3. The van der Waals surface area contributed by atoms with Gasteiger partial charge in [-0.1, -0.05) is 0 Å². The Hall–Kier alpha value is -2.54. The quantitative estimate of drug-likeness (QED) is 0.884. The third kappa shape index (κ3) is 4.80. The monoisotopic (exact) mass is 379 g/mol. The van der Waals surface area contributed by atoms with E-state index in [1.54, 1.807) is 0 Å². The van der Waals surface area contributed by atoms with Crippen LogP contribution in [0.25, 0.3) is 0 Å². The SMILES string of the molecule is O=C(c1ccc(F)cc1F)N1CCCC(O)(COc2ccc(F)cc2)CC1. The molecule has 1 saturated heterocycles. The number of rotatable bonds is 4. The highest BCUT2D eigenvalue weighted by Crippen LogP contribution is 2.25. The summed E-state index contributed by atoms with van der Waals surface area (Å²) in [5.74, 6) is -2.12. The summed E-state index contributed by atoms with van der Waals surface area (Å²) in [6, 6.07) is 8.33. The molecular weight excluding hydrogens is 359 g/mol. The number of hydrogen-bond donors (Lipinski definition) is 1. The fraction of sp³-hybridized carbons (Fsp3) is 0.350. The number of hydrogen-bond acceptors (Lipinski definition) is 3. The van der Waals surface area contributed by atoms with Gasteiger partial charge >= 0.3 is 0 Å². The Kier molecular flexibility index (Phi) is 5.70. The van der Waals surface area contributed by atoms with Crippen molar-refractivity contribution in [1.29, 1.82) is 0 Å². The van der Waals surface area contributed by atoms with Gasteiger partial charge in [-0.2, -0.15) is 0 Å². The third-order valence-corrected chi connectivity index (χ3v) is 4.69. The van der Waals surface area contributed by atoms with Gasteiger partial charge in [0, 0.05) is 19.2 Å². The summed E-state index contributed by atoms with van der Waals surface area (Å²) in [5.41, 5.74) is -1.34. The van der Waals surface area contributed by atoms with E-state index in [2.05, 4.69) is 0 Å². The van der Waals surface area contributed by atoms with Crippen molar-refractivity contribution in [2.24, 2.45) is 0 Å². The first kappa shape index (κ1) is 19.2. The number of ether oxygens (including phenoxy) is 1. The maximum Gasteiger partial charge on any atom is 0.256 e. The number of carbonyl (C=O) groups excluding carboxylic acids is 1. The second-order valence-electron chi connectivity index (χ2n) is 6.74. The molecule has 1 atom stereocenters. The predicted molar refractivity (Wildman–Crippen MR) is 93.0 cm³/mol. The van der Waals surface area contributed by atoms with E-state index in [4.69, 9.17) is 4.74 Å². The molecule has 2 aromatic rings. The standard InChI is InChI=1S/C20H20F3NO3/c21-14-2-5-16(6-3-14)27-13-20(26)8-1-10-24(11-9-20)19(25)17-7-4-15(22)12-18(17)23/h2-7,12,26H,1,8-11,13H2. The van der Waals surface area contributed by atoms with Gasteiger partial charge in [-0.3, -0.25) is 4.79 Å². The zero-order chi connectivity index (χ0) is 19.4. The molecule has 1 N–H and O–H groups in total. The first-order valence-corrected chi connectivity index (χ1v) is 8.71. The maximum atomic E-state index is 13.9. The first-order chi connectivity index (χ1) is 12.9. The van der Waals surface area contributed by atoms with Crippen molar-refractivity contribution in [1.82, 2.24) is 4.90 Å². The average Bonchev–Trinajstić information content (AvgIpc) is 2.83. The van der Waals surface area contributed by atoms with Gasteiger partial charge in [0.05, 0.1) is 5.56 Å². The van der Waals surface area contributed by atoms with E-state index in [9.17, 15) is 23.1 Å². The minimum absolute atomic E-state index is 0.00553. The molecule has 0 saturated carbocycles. The molecule has 0 aromatic heterocycles. The summed E-state index contributed by atoms with van der Waals surface area (Å²) in [4.78, 5) is 14.0. The Morgan fingerprint density at radius 2 is 1.74 bits per heavy atom. The number of nitrogens with zero attached hydrogens (tertiary/aromatic N) is 1. The molecule has 1 fully saturated rings. The van der Waals surface area contributed by atoms with E-state index in [1.165, 1.54) is 29.2 Å². The smallest absolute Gasteiger partial charge is 0.256 e. The number of halogens is 3. The molecule has 2 aromatic carbocycles. The van der Waals surface area contributed by atoms with Gasteiger partial charge in [0.2, 0.25) is 0 Å². The molecule has 144 valence electrons. The van der Waals surface area contributed by atoms with E-state index < -0.39 is 23.1 Å². The minimum atomic E-state index is -1.15. The largest absolute Gasteiger partial charge is 0.491 e. The van der Waals surface area contributed by atoms with E-state index in [1.807, 2.05) is 0 Å². The van der Waals surface area contributed by atoms with Crippen LogP contribution >= 0.6 is 0 Å². The molecule has 1 heterocycles. The fourth-order valence-electron chi connectivity index (χ4n) is 3.11. The Balaban J connectivity index is 1.62. The van der Waals surface area contributed by atoms with Crippen LogP contribution in [0.2, 0.25) is 0 Å². The second kappa shape index (κ2) is 8.00. The lowest BCUT2D eigenvalue weighted by Crippen LogP contribution is -2.38. The zero-order valence-corrected chi connectivity index (χ0v) is 14.6. The zero-order valence-electron chi connectivity index (χ0n) is 14.6. The van der Waals surface area contributed by atoms with Crippen LogP contribution in [-0.2, 0) is 0 Å². The Morgan fingerprint density at radius 3 is 2.44 bits per heavy atom. The van der Waals surface area contributed by atoms with Crippen molar-refractivity contribution >= 4 is 5.91 Å². The van der Waals surface area contributed by atoms with E-state index in [-0.39, 0.29) is 31.0 Å². The fourth-order valence-corrected chi connectivity index (χ4v) is 3.11. The van der Waals surface area contributed by atoms with Gasteiger partial charge in [-0.25, -0.2) is 13.2 Å². The van der Waals surface area contributed by atoms with E-state index in [0.717, 1.165) is 12.1 Å². The minimum Gasteiger partial charge on any atom is -0.491 e. The lowest BCUT2D eigenvalue weighted by atomic mass is 9.96. The normalized spacial score (nSPS) is 20.2.